The second-order valence-electron chi connectivity index (χ2n) is 3.02. The van der Waals surface area contributed by atoms with Crippen molar-refractivity contribution < 1.29 is 9.90 Å². The molecule has 15 heavy (non-hydrogen) atoms. The van der Waals surface area contributed by atoms with Crippen LogP contribution in [0.1, 0.15) is 15.9 Å². The summed E-state index contributed by atoms with van der Waals surface area (Å²) in [7, 11) is 0. The minimum atomic E-state index is -0.935. The highest BCUT2D eigenvalue weighted by Crippen LogP contribution is 2.09. The molecule has 0 spiro atoms. The lowest BCUT2D eigenvalue weighted by Crippen LogP contribution is -2.23. The highest BCUT2D eigenvalue weighted by atomic mass is 16.4. The third-order valence-electron chi connectivity index (χ3n) is 1.92. The van der Waals surface area contributed by atoms with E-state index in [9.17, 15) is 4.79 Å². The van der Waals surface area contributed by atoms with Gasteiger partial charge in [0, 0.05) is 6.54 Å². The predicted molar refractivity (Wildman–Crippen MR) is 57.8 cm³/mol. The van der Waals surface area contributed by atoms with E-state index in [2.05, 4.69) is 4.99 Å². The van der Waals surface area contributed by atoms with E-state index in [0.717, 1.165) is 5.56 Å². The fourth-order valence-electron chi connectivity index (χ4n) is 1.25. The molecule has 5 nitrogen and oxygen atoms in total. The molecule has 0 heterocycles. The summed E-state index contributed by atoms with van der Waals surface area (Å²) in [6, 6.07) is 6.80. The Bertz CT molecular complexity index is 384. The van der Waals surface area contributed by atoms with Crippen molar-refractivity contribution >= 4 is 11.9 Å². The van der Waals surface area contributed by atoms with Crippen molar-refractivity contribution in [1.82, 2.24) is 0 Å². The Morgan fingerprint density at radius 2 is 2.00 bits per heavy atom. The molecule has 0 fully saturated rings. The van der Waals surface area contributed by atoms with Crippen molar-refractivity contribution in [1.29, 1.82) is 0 Å². The summed E-state index contributed by atoms with van der Waals surface area (Å²) in [6.45, 7) is 0.395. The van der Waals surface area contributed by atoms with Gasteiger partial charge in [-0.2, -0.15) is 0 Å². The molecule has 1 aromatic rings. The third-order valence-corrected chi connectivity index (χ3v) is 1.92. The zero-order chi connectivity index (χ0) is 11.3. The number of aromatic carboxylic acids is 1. The lowest BCUT2D eigenvalue weighted by molar-refractivity contribution is 0.0695. The van der Waals surface area contributed by atoms with Crippen LogP contribution >= 0.6 is 0 Å². The molecule has 0 aliphatic rings. The number of benzene rings is 1. The molecule has 5 heteroatoms. The van der Waals surface area contributed by atoms with Crippen LogP contribution in [-0.4, -0.2) is 23.6 Å². The average molecular weight is 207 g/mol. The molecule has 0 saturated heterocycles. The number of carboxylic acids is 1. The van der Waals surface area contributed by atoms with Crippen LogP contribution in [-0.2, 0) is 6.42 Å². The Morgan fingerprint density at radius 3 is 2.60 bits per heavy atom. The Balaban J connectivity index is 2.76. The van der Waals surface area contributed by atoms with Gasteiger partial charge in [-0.15, -0.1) is 0 Å². The minimum absolute atomic E-state index is 0.0165. The van der Waals surface area contributed by atoms with Crippen molar-refractivity contribution in [2.75, 3.05) is 6.54 Å². The number of nitrogens with zero attached hydrogens (tertiary/aromatic N) is 1. The monoisotopic (exact) mass is 207 g/mol. The fourth-order valence-corrected chi connectivity index (χ4v) is 1.25. The van der Waals surface area contributed by atoms with Gasteiger partial charge in [0.25, 0.3) is 0 Å². The van der Waals surface area contributed by atoms with Crippen molar-refractivity contribution in [3.05, 3.63) is 35.4 Å². The Labute approximate surface area is 87.4 Å². The summed E-state index contributed by atoms with van der Waals surface area (Å²) in [6.07, 6.45) is 0.514. The standard InChI is InChI=1S/C10H13N3O2/c11-10(12)13-6-5-7-3-1-2-4-8(7)9(14)15/h1-4H,5-6H2,(H,14,15)(H4,11,12,13). The predicted octanol–water partition coefficient (Wildman–Crippen LogP) is 0.201. The van der Waals surface area contributed by atoms with Crippen LogP contribution < -0.4 is 11.5 Å². The number of carbonyl (C=O) groups is 1. The van der Waals surface area contributed by atoms with E-state index in [-0.39, 0.29) is 5.96 Å². The van der Waals surface area contributed by atoms with Crippen LogP contribution in [0.3, 0.4) is 0 Å². The van der Waals surface area contributed by atoms with Crippen LogP contribution in [0.4, 0.5) is 0 Å². The second kappa shape index (κ2) is 4.99. The normalized spacial score (nSPS) is 9.60. The van der Waals surface area contributed by atoms with Gasteiger partial charge in [0.05, 0.1) is 5.56 Å². The van der Waals surface area contributed by atoms with Crippen LogP contribution in [0.15, 0.2) is 29.3 Å². The molecule has 0 saturated carbocycles. The molecular formula is C10H13N3O2. The quantitative estimate of drug-likeness (QED) is 0.484. The van der Waals surface area contributed by atoms with Crippen LogP contribution in [0.5, 0.6) is 0 Å². The topological polar surface area (TPSA) is 102 Å². The molecule has 1 aromatic carbocycles. The van der Waals surface area contributed by atoms with Gasteiger partial charge in [0.1, 0.15) is 0 Å². The first kappa shape index (κ1) is 11.0. The van der Waals surface area contributed by atoms with Crippen molar-refractivity contribution in [2.24, 2.45) is 16.5 Å². The largest absolute Gasteiger partial charge is 0.478 e. The van der Waals surface area contributed by atoms with Gasteiger partial charge in [-0.3, -0.25) is 4.99 Å². The first-order valence-electron chi connectivity index (χ1n) is 4.48. The number of hydrogen-bond acceptors (Lipinski definition) is 2. The Morgan fingerprint density at radius 1 is 1.33 bits per heavy atom. The number of guanidine groups is 1. The summed E-state index contributed by atoms with van der Waals surface area (Å²) in [5.74, 6) is -0.918. The zero-order valence-corrected chi connectivity index (χ0v) is 8.18. The number of aliphatic imine (C=N–C) groups is 1. The minimum Gasteiger partial charge on any atom is -0.478 e. The molecule has 0 aromatic heterocycles. The first-order valence-corrected chi connectivity index (χ1v) is 4.48. The van der Waals surface area contributed by atoms with Gasteiger partial charge in [0.2, 0.25) is 0 Å². The van der Waals surface area contributed by atoms with E-state index >= 15 is 0 Å². The smallest absolute Gasteiger partial charge is 0.335 e. The Hall–Kier alpha value is -2.04. The van der Waals surface area contributed by atoms with Gasteiger partial charge < -0.3 is 16.6 Å². The third kappa shape index (κ3) is 3.30. The van der Waals surface area contributed by atoms with Gasteiger partial charge >= 0.3 is 5.97 Å². The van der Waals surface area contributed by atoms with Crippen LogP contribution in [0.25, 0.3) is 0 Å². The summed E-state index contributed by atoms with van der Waals surface area (Å²) in [5.41, 5.74) is 11.4. The summed E-state index contributed by atoms with van der Waals surface area (Å²) in [4.78, 5) is 14.6. The summed E-state index contributed by atoms with van der Waals surface area (Å²) >= 11 is 0. The molecule has 80 valence electrons. The maximum absolute atomic E-state index is 10.8. The molecule has 0 unspecified atom stereocenters. The molecule has 0 aliphatic heterocycles. The molecule has 0 radical (unpaired) electrons. The van der Waals surface area contributed by atoms with E-state index in [1.165, 1.54) is 0 Å². The lowest BCUT2D eigenvalue weighted by Gasteiger charge is -2.03. The first-order chi connectivity index (χ1) is 7.11. The van der Waals surface area contributed by atoms with Crippen LogP contribution in [0, 0.1) is 0 Å². The molecule has 0 bridgehead atoms. The van der Waals surface area contributed by atoms with E-state index in [0.29, 0.717) is 18.5 Å². The molecule has 0 atom stereocenters. The molecule has 5 N–H and O–H groups in total. The number of rotatable bonds is 4. The van der Waals surface area contributed by atoms with Crippen molar-refractivity contribution in [3.63, 3.8) is 0 Å². The number of hydrogen-bond donors (Lipinski definition) is 3. The highest BCUT2D eigenvalue weighted by molar-refractivity contribution is 5.89. The van der Waals surface area contributed by atoms with Crippen molar-refractivity contribution in [3.8, 4) is 0 Å². The van der Waals surface area contributed by atoms with Gasteiger partial charge in [0.15, 0.2) is 5.96 Å². The van der Waals surface area contributed by atoms with Crippen molar-refractivity contribution in [2.45, 2.75) is 6.42 Å². The van der Waals surface area contributed by atoms with Gasteiger partial charge in [-0.05, 0) is 18.1 Å². The van der Waals surface area contributed by atoms with Gasteiger partial charge in [-0.1, -0.05) is 18.2 Å². The molecule has 0 aliphatic carbocycles. The fraction of sp³-hybridized carbons (Fsp3) is 0.200. The maximum atomic E-state index is 10.8. The number of carboxylic acid groups (broad SMARTS) is 1. The SMILES string of the molecule is NC(N)=NCCc1ccccc1C(=O)O. The van der Waals surface area contributed by atoms with E-state index in [1.807, 2.05) is 0 Å². The zero-order valence-electron chi connectivity index (χ0n) is 8.18. The lowest BCUT2D eigenvalue weighted by atomic mass is 10.1. The van der Waals surface area contributed by atoms with Crippen LogP contribution in [0.2, 0.25) is 0 Å². The molecule has 0 amide bonds. The second-order valence-corrected chi connectivity index (χ2v) is 3.02. The Kier molecular flexibility index (Phi) is 3.68. The molecular weight excluding hydrogens is 194 g/mol. The summed E-state index contributed by atoms with van der Waals surface area (Å²) in [5, 5.41) is 8.89. The van der Waals surface area contributed by atoms with E-state index in [4.69, 9.17) is 16.6 Å². The van der Waals surface area contributed by atoms with Gasteiger partial charge in [-0.25, -0.2) is 4.79 Å². The maximum Gasteiger partial charge on any atom is 0.335 e. The summed E-state index contributed by atoms with van der Waals surface area (Å²) < 4.78 is 0. The average Bonchev–Trinajstić information content (AvgIpc) is 2.17. The van der Waals surface area contributed by atoms with E-state index < -0.39 is 5.97 Å². The highest BCUT2D eigenvalue weighted by Gasteiger charge is 2.07. The number of nitrogens with two attached hydrogens (primary N) is 2. The van der Waals surface area contributed by atoms with E-state index in [1.54, 1.807) is 24.3 Å². The molecule has 1 rings (SSSR count).